The van der Waals surface area contributed by atoms with Gasteiger partial charge in [0.2, 0.25) is 0 Å². The average molecular weight is 202 g/mol. The SMILES string of the molecule is C=CCOP(C(O)C=C)C(O)C=C. The monoisotopic (exact) mass is 202 g/mol. The summed E-state index contributed by atoms with van der Waals surface area (Å²) in [5.74, 6) is -1.69. The van der Waals surface area contributed by atoms with Crippen molar-refractivity contribution in [3.63, 3.8) is 0 Å². The summed E-state index contributed by atoms with van der Waals surface area (Å²) in [5, 5.41) is 18.8. The van der Waals surface area contributed by atoms with Crippen molar-refractivity contribution in [2.24, 2.45) is 0 Å². The van der Waals surface area contributed by atoms with Crippen LogP contribution in [0.5, 0.6) is 0 Å². The largest absolute Gasteiger partial charge is 0.382 e. The highest BCUT2D eigenvalue weighted by molar-refractivity contribution is 7.54. The fraction of sp³-hybridized carbons (Fsp3) is 0.333. The lowest BCUT2D eigenvalue weighted by Crippen LogP contribution is -2.12. The molecule has 2 unspecified atom stereocenters. The molecule has 0 saturated heterocycles. The van der Waals surface area contributed by atoms with Crippen molar-refractivity contribution in [2.75, 3.05) is 6.61 Å². The third kappa shape index (κ3) is 4.34. The number of aliphatic hydroxyl groups is 2. The lowest BCUT2D eigenvalue weighted by atomic mass is 10.7. The zero-order valence-electron chi connectivity index (χ0n) is 7.47. The van der Waals surface area contributed by atoms with Crippen molar-refractivity contribution >= 4 is 8.15 Å². The van der Waals surface area contributed by atoms with E-state index in [-0.39, 0.29) is 0 Å². The third-order valence-corrected chi connectivity index (χ3v) is 3.20. The highest BCUT2D eigenvalue weighted by Gasteiger charge is 2.23. The standard InChI is InChI=1S/C9H15O3P/c1-4-7-12-13(8(10)5-2)9(11)6-3/h4-6,8-11H,1-3,7H2. The van der Waals surface area contributed by atoms with Crippen LogP contribution in [0.15, 0.2) is 38.0 Å². The molecule has 0 spiro atoms. The zero-order valence-corrected chi connectivity index (χ0v) is 8.36. The summed E-state index contributed by atoms with van der Waals surface area (Å²) in [6, 6.07) is 0. The second-order valence-corrected chi connectivity index (χ2v) is 4.28. The van der Waals surface area contributed by atoms with E-state index >= 15 is 0 Å². The molecule has 2 N–H and O–H groups in total. The van der Waals surface area contributed by atoms with Gasteiger partial charge in [0, 0.05) is 0 Å². The molecular formula is C9H15O3P. The van der Waals surface area contributed by atoms with Gasteiger partial charge in [-0.3, -0.25) is 0 Å². The van der Waals surface area contributed by atoms with Gasteiger partial charge in [0.1, 0.15) is 11.7 Å². The molecular weight excluding hydrogens is 187 g/mol. The summed E-state index contributed by atoms with van der Waals surface area (Å²) in [6.45, 7) is 10.6. The van der Waals surface area contributed by atoms with Crippen molar-refractivity contribution in [1.29, 1.82) is 0 Å². The predicted molar refractivity (Wildman–Crippen MR) is 55.5 cm³/mol. The van der Waals surface area contributed by atoms with Crippen LogP contribution in [-0.4, -0.2) is 28.5 Å². The molecule has 13 heavy (non-hydrogen) atoms. The van der Waals surface area contributed by atoms with Gasteiger partial charge in [0.05, 0.1) is 14.8 Å². The van der Waals surface area contributed by atoms with Crippen LogP contribution in [-0.2, 0) is 4.52 Å². The van der Waals surface area contributed by atoms with E-state index in [1.54, 1.807) is 6.08 Å². The molecule has 0 aromatic carbocycles. The van der Waals surface area contributed by atoms with Crippen molar-refractivity contribution in [2.45, 2.75) is 11.7 Å². The van der Waals surface area contributed by atoms with E-state index < -0.39 is 19.8 Å². The maximum atomic E-state index is 9.39. The molecule has 0 fully saturated rings. The first-order chi connectivity index (χ1) is 6.17. The van der Waals surface area contributed by atoms with Crippen molar-refractivity contribution in [1.82, 2.24) is 0 Å². The Hall–Kier alpha value is -0.470. The van der Waals surface area contributed by atoms with E-state index in [1.807, 2.05) is 0 Å². The predicted octanol–water partition coefficient (Wildman–Crippen LogP) is 1.59. The maximum Gasteiger partial charge on any atom is 0.118 e. The van der Waals surface area contributed by atoms with Crippen LogP contribution in [0, 0.1) is 0 Å². The molecule has 0 radical (unpaired) electrons. The van der Waals surface area contributed by atoms with Gasteiger partial charge in [-0.25, -0.2) is 0 Å². The van der Waals surface area contributed by atoms with E-state index in [9.17, 15) is 10.2 Å². The lowest BCUT2D eigenvalue weighted by molar-refractivity contribution is 0.235. The van der Waals surface area contributed by atoms with Gasteiger partial charge in [-0.05, 0) is 0 Å². The minimum absolute atomic E-state index is 0.293. The van der Waals surface area contributed by atoms with Crippen molar-refractivity contribution in [3.05, 3.63) is 38.0 Å². The van der Waals surface area contributed by atoms with Crippen LogP contribution in [0.3, 0.4) is 0 Å². The first-order valence-corrected chi connectivity index (χ1v) is 5.20. The Balaban J connectivity index is 4.24. The van der Waals surface area contributed by atoms with Crippen LogP contribution in [0.4, 0.5) is 0 Å². The summed E-state index contributed by atoms with van der Waals surface area (Å²) >= 11 is 0. The molecule has 2 atom stereocenters. The molecule has 0 aliphatic heterocycles. The van der Waals surface area contributed by atoms with Gasteiger partial charge in [-0.1, -0.05) is 18.2 Å². The topological polar surface area (TPSA) is 49.7 Å². The smallest absolute Gasteiger partial charge is 0.118 e. The first-order valence-electron chi connectivity index (χ1n) is 3.80. The molecule has 0 heterocycles. The first kappa shape index (κ1) is 12.5. The number of hydrogen-bond donors (Lipinski definition) is 2. The summed E-state index contributed by atoms with van der Waals surface area (Å²) < 4.78 is 5.20. The van der Waals surface area contributed by atoms with Crippen LogP contribution < -0.4 is 0 Å². The molecule has 0 aromatic heterocycles. The Morgan fingerprint density at radius 1 is 1.15 bits per heavy atom. The molecule has 0 rings (SSSR count). The van der Waals surface area contributed by atoms with Crippen molar-refractivity contribution < 1.29 is 14.7 Å². The number of hydrogen-bond acceptors (Lipinski definition) is 3. The fourth-order valence-electron chi connectivity index (χ4n) is 0.656. The van der Waals surface area contributed by atoms with E-state index in [0.29, 0.717) is 6.61 Å². The lowest BCUT2D eigenvalue weighted by Gasteiger charge is -2.22. The number of aliphatic hydroxyl groups excluding tert-OH is 2. The summed E-state index contributed by atoms with van der Waals surface area (Å²) in [6.07, 6.45) is 4.23. The number of rotatable bonds is 7. The van der Waals surface area contributed by atoms with Crippen LogP contribution in [0.1, 0.15) is 0 Å². The Labute approximate surface area is 79.9 Å². The van der Waals surface area contributed by atoms with Gasteiger partial charge >= 0.3 is 0 Å². The Bertz CT molecular complexity index is 168. The van der Waals surface area contributed by atoms with E-state index in [2.05, 4.69) is 19.7 Å². The minimum Gasteiger partial charge on any atom is -0.382 e. The van der Waals surface area contributed by atoms with E-state index in [4.69, 9.17) is 4.52 Å². The van der Waals surface area contributed by atoms with Crippen molar-refractivity contribution in [3.8, 4) is 0 Å². The zero-order chi connectivity index (χ0) is 10.3. The van der Waals surface area contributed by atoms with E-state index in [0.717, 1.165) is 0 Å². The highest BCUT2D eigenvalue weighted by atomic mass is 31.1. The van der Waals surface area contributed by atoms with Gasteiger partial charge < -0.3 is 14.7 Å². The van der Waals surface area contributed by atoms with Gasteiger partial charge in [0.15, 0.2) is 0 Å². The average Bonchev–Trinajstić information content (AvgIpc) is 2.17. The van der Waals surface area contributed by atoms with Gasteiger partial charge in [0.25, 0.3) is 0 Å². The van der Waals surface area contributed by atoms with Crippen LogP contribution >= 0.6 is 8.15 Å². The van der Waals surface area contributed by atoms with E-state index in [1.165, 1.54) is 12.2 Å². The second-order valence-electron chi connectivity index (χ2n) is 2.24. The second kappa shape index (κ2) is 6.98. The molecule has 3 nitrogen and oxygen atoms in total. The third-order valence-electron chi connectivity index (χ3n) is 1.28. The molecule has 0 amide bonds. The quantitative estimate of drug-likeness (QED) is 0.487. The highest BCUT2D eigenvalue weighted by Crippen LogP contribution is 2.46. The Kier molecular flexibility index (Phi) is 6.73. The molecule has 74 valence electrons. The molecule has 4 heteroatoms. The molecule has 0 aliphatic rings. The normalized spacial score (nSPS) is 17.1. The van der Waals surface area contributed by atoms with Crippen LogP contribution in [0.2, 0.25) is 0 Å². The molecule has 0 aliphatic carbocycles. The molecule has 0 bridgehead atoms. The van der Waals surface area contributed by atoms with Gasteiger partial charge in [-0.2, -0.15) is 0 Å². The minimum atomic E-state index is -1.39. The Morgan fingerprint density at radius 3 is 1.92 bits per heavy atom. The summed E-state index contributed by atoms with van der Waals surface area (Å²) in [5.41, 5.74) is 0. The molecule has 0 saturated carbocycles. The summed E-state index contributed by atoms with van der Waals surface area (Å²) in [4.78, 5) is 0. The summed E-state index contributed by atoms with van der Waals surface area (Å²) in [7, 11) is -1.39. The fourth-order valence-corrected chi connectivity index (χ4v) is 1.97. The van der Waals surface area contributed by atoms with Gasteiger partial charge in [-0.15, -0.1) is 19.7 Å². The maximum absolute atomic E-state index is 9.39. The van der Waals surface area contributed by atoms with Crippen LogP contribution in [0.25, 0.3) is 0 Å². The molecule has 0 aromatic rings. The Morgan fingerprint density at radius 2 is 1.62 bits per heavy atom.